The second kappa shape index (κ2) is 12.6. The van der Waals surface area contributed by atoms with Crippen LogP contribution in [0.25, 0.3) is 4.48 Å². The molecule has 1 N–H and O–H groups in total. The molecule has 0 radical (unpaired) electrons. The molecule has 0 heterocycles. The second-order valence-corrected chi connectivity index (χ2v) is 13.4. The van der Waals surface area contributed by atoms with Gasteiger partial charge in [0, 0.05) is 10.4 Å². The van der Waals surface area contributed by atoms with Gasteiger partial charge in [-0.25, -0.2) is 0 Å². The highest BCUT2D eigenvalue weighted by Gasteiger charge is 2.28. The van der Waals surface area contributed by atoms with E-state index in [2.05, 4.69) is 112 Å². The fraction of sp³-hybridized carbons (Fsp3) is 0.297. The predicted molar refractivity (Wildman–Crippen MR) is 174 cm³/mol. The number of hydrogen-bond donors (Lipinski definition) is 1. The third kappa shape index (κ3) is 7.62. The highest BCUT2D eigenvalue weighted by Crippen LogP contribution is 2.43. The molecule has 4 heteroatoms. The second-order valence-electron chi connectivity index (χ2n) is 12.5. The molecule has 41 heavy (non-hydrogen) atoms. The van der Waals surface area contributed by atoms with Crippen LogP contribution in [-0.4, -0.2) is 12.2 Å². The quantitative estimate of drug-likeness (QED) is 0.215. The Balaban J connectivity index is 1.80. The average molecular weight is 614 g/mol. The van der Waals surface area contributed by atoms with E-state index >= 15 is 0 Å². The molecule has 4 aromatic carbocycles. The fourth-order valence-corrected chi connectivity index (χ4v) is 5.40. The predicted octanol–water partition coefficient (Wildman–Crippen LogP) is 10.1. The van der Waals surface area contributed by atoms with Gasteiger partial charge in [0.25, 0.3) is 0 Å². The van der Waals surface area contributed by atoms with Crippen LogP contribution in [0.4, 0.5) is 0 Å². The van der Waals surface area contributed by atoms with Crippen LogP contribution in [0.15, 0.2) is 97.1 Å². The number of allylic oxidation sites excluding steroid dienone is 1. The Morgan fingerprint density at radius 1 is 0.756 bits per heavy atom. The first-order chi connectivity index (χ1) is 19.4. The summed E-state index contributed by atoms with van der Waals surface area (Å²) in [5, 5.41) is 11.4. The van der Waals surface area contributed by atoms with Gasteiger partial charge in [-0.05, 0) is 68.5 Å². The maximum Gasteiger partial charge on any atom is 0.123 e. The molecule has 0 fully saturated rings. The lowest BCUT2D eigenvalue weighted by Gasteiger charge is -2.29. The van der Waals surface area contributed by atoms with E-state index in [-0.39, 0.29) is 16.7 Å². The highest BCUT2D eigenvalue weighted by atomic mass is 79.9. The van der Waals surface area contributed by atoms with E-state index in [9.17, 15) is 5.11 Å². The molecular weight excluding hydrogens is 572 g/mol. The van der Waals surface area contributed by atoms with Gasteiger partial charge < -0.3 is 14.6 Å². The number of methoxy groups -OCH3 is 1. The summed E-state index contributed by atoms with van der Waals surface area (Å²) in [5.41, 5.74) is 5.89. The molecule has 0 aromatic heterocycles. The van der Waals surface area contributed by atoms with Gasteiger partial charge in [0.1, 0.15) is 23.9 Å². The third-order valence-corrected chi connectivity index (χ3v) is 8.00. The molecule has 0 amide bonds. The molecule has 1 atom stereocenters. The summed E-state index contributed by atoms with van der Waals surface area (Å²) in [6, 6.07) is 30.9. The van der Waals surface area contributed by atoms with Crippen molar-refractivity contribution in [2.45, 2.75) is 64.9 Å². The summed E-state index contributed by atoms with van der Waals surface area (Å²) in [4.78, 5) is 0. The number of aromatic hydroxyl groups is 1. The van der Waals surface area contributed by atoms with Gasteiger partial charge in [0.05, 0.1) is 7.11 Å². The first-order valence-electron chi connectivity index (χ1n) is 14.0. The van der Waals surface area contributed by atoms with E-state index in [0.29, 0.717) is 12.4 Å². The van der Waals surface area contributed by atoms with Crippen molar-refractivity contribution in [3.8, 4) is 17.2 Å². The molecule has 0 aliphatic rings. The molecule has 0 bridgehead atoms. The van der Waals surface area contributed by atoms with Crippen molar-refractivity contribution >= 4 is 20.4 Å². The third-order valence-electron chi connectivity index (χ3n) is 7.27. The van der Waals surface area contributed by atoms with Gasteiger partial charge in [-0.2, -0.15) is 0 Å². The summed E-state index contributed by atoms with van der Waals surface area (Å²) in [6.07, 6.45) is 2.24. The molecule has 0 spiro atoms. The Labute approximate surface area is 254 Å². The first-order valence-corrected chi connectivity index (χ1v) is 14.8. The molecule has 4 aromatic rings. The van der Waals surface area contributed by atoms with Crippen molar-refractivity contribution < 1.29 is 14.6 Å². The summed E-state index contributed by atoms with van der Waals surface area (Å²) >= 11 is 3.87. The van der Waals surface area contributed by atoms with E-state index in [1.165, 1.54) is 0 Å². The van der Waals surface area contributed by atoms with Crippen LogP contribution in [0.2, 0.25) is 0 Å². The summed E-state index contributed by atoms with van der Waals surface area (Å²) in [6.45, 7) is 13.4. The lowest BCUT2D eigenvalue weighted by molar-refractivity contribution is 0.306. The van der Waals surface area contributed by atoms with Crippen LogP contribution in [0.1, 0.15) is 80.8 Å². The fourth-order valence-electron chi connectivity index (χ4n) is 4.87. The number of halogens is 1. The lowest BCUT2D eigenvalue weighted by atomic mass is 9.76. The molecule has 0 aliphatic heterocycles. The van der Waals surface area contributed by atoms with Crippen LogP contribution in [-0.2, 0) is 17.4 Å². The first kappa shape index (κ1) is 30.5. The molecule has 3 nitrogen and oxygen atoms in total. The molecular formula is C37H41BrO3. The topological polar surface area (TPSA) is 38.7 Å². The van der Waals surface area contributed by atoms with E-state index in [1.807, 2.05) is 42.5 Å². The van der Waals surface area contributed by atoms with E-state index in [4.69, 9.17) is 9.47 Å². The van der Waals surface area contributed by atoms with Crippen molar-refractivity contribution in [2.24, 2.45) is 0 Å². The van der Waals surface area contributed by atoms with Crippen LogP contribution in [0.5, 0.6) is 17.2 Å². The zero-order valence-corrected chi connectivity index (χ0v) is 26.7. The van der Waals surface area contributed by atoms with E-state index in [0.717, 1.165) is 49.4 Å². The van der Waals surface area contributed by atoms with Crippen molar-refractivity contribution in [2.75, 3.05) is 7.11 Å². The molecule has 0 saturated carbocycles. The zero-order valence-electron chi connectivity index (χ0n) is 25.2. The van der Waals surface area contributed by atoms with Crippen molar-refractivity contribution in [3.05, 3.63) is 130 Å². The SMILES string of the molecule is COc1ccc(C(Br)=CC(c2ccc(OCc3ccccc3)cc2)c2cc(C(C)(C)C)c(O)c(C(C)(C)C)c2)cc1. The number of phenols is 1. The minimum absolute atomic E-state index is 0.0718. The normalized spacial score (nSPS) is 13.1. The summed E-state index contributed by atoms with van der Waals surface area (Å²) in [7, 11) is 1.67. The molecule has 0 saturated heterocycles. The standard InChI is InChI=1S/C37H41BrO3/c1-36(2,3)32-21-28(22-33(35(32)39)37(4,5)6)31(23-34(38)27-15-17-29(40-7)18-16-27)26-13-19-30(20-14-26)41-24-25-11-9-8-10-12-25/h8-23,31,39H,24H2,1-7H3. The summed E-state index contributed by atoms with van der Waals surface area (Å²) in [5.74, 6) is 1.96. The summed E-state index contributed by atoms with van der Waals surface area (Å²) < 4.78 is 12.4. The largest absolute Gasteiger partial charge is 0.507 e. The van der Waals surface area contributed by atoms with Gasteiger partial charge in [-0.3, -0.25) is 0 Å². The Morgan fingerprint density at radius 2 is 1.29 bits per heavy atom. The van der Waals surface area contributed by atoms with Crippen LogP contribution < -0.4 is 9.47 Å². The highest BCUT2D eigenvalue weighted by molar-refractivity contribution is 9.15. The van der Waals surface area contributed by atoms with Crippen LogP contribution in [0.3, 0.4) is 0 Å². The Morgan fingerprint density at radius 3 is 1.80 bits per heavy atom. The van der Waals surface area contributed by atoms with Crippen molar-refractivity contribution in [1.29, 1.82) is 0 Å². The van der Waals surface area contributed by atoms with Gasteiger partial charge in [-0.15, -0.1) is 0 Å². The number of hydrogen-bond acceptors (Lipinski definition) is 3. The minimum atomic E-state index is -0.225. The van der Waals surface area contributed by atoms with Crippen molar-refractivity contribution in [1.82, 2.24) is 0 Å². The number of rotatable bonds is 8. The van der Waals surface area contributed by atoms with Gasteiger partial charge in [-0.1, -0.05) is 130 Å². The minimum Gasteiger partial charge on any atom is -0.507 e. The van der Waals surface area contributed by atoms with Gasteiger partial charge in [0.15, 0.2) is 0 Å². The van der Waals surface area contributed by atoms with Crippen LogP contribution in [0, 0.1) is 0 Å². The average Bonchev–Trinajstić information content (AvgIpc) is 2.94. The maximum absolute atomic E-state index is 11.4. The lowest BCUT2D eigenvalue weighted by Crippen LogP contribution is -2.18. The van der Waals surface area contributed by atoms with E-state index in [1.54, 1.807) is 7.11 Å². The van der Waals surface area contributed by atoms with E-state index < -0.39 is 0 Å². The molecule has 214 valence electrons. The molecule has 1 unspecified atom stereocenters. The Bertz CT molecular complexity index is 1440. The molecule has 4 rings (SSSR count). The van der Waals surface area contributed by atoms with Crippen molar-refractivity contribution in [3.63, 3.8) is 0 Å². The number of phenolic OH excluding ortho intramolecular Hbond substituents is 1. The maximum atomic E-state index is 11.4. The monoisotopic (exact) mass is 612 g/mol. The van der Waals surface area contributed by atoms with Gasteiger partial charge in [0.2, 0.25) is 0 Å². The van der Waals surface area contributed by atoms with Gasteiger partial charge >= 0.3 is 0 Å². The Kier molecular flexibility index (Phi) is 9.34. The number of ether oxygens (including phenoxy) is 2. The zero-order chi connectivity index (χ0) is 29.8. The Hall–Kier alpha value is -3.50. The number of benzene rings is 4. The van der Waals surface area contributed by atoms with Crippen LogP contribution >= 0.6 is 15.9 Å². The molecule has 0 aliphatic carbocycles. The smallest absolute Gasteiger partial charge is 0.123 e.